The van der Waals surface area contributed by atoms with Crippen molar-refractivity contribution in [2.75, 3.05) is 25.1 Å². The number of nitrogens with zero attached hydrogens (tertiary/aromatic N) is 1. The fourth-order valence-corrected chi connectivity index (χ4v) is 1.92. The van der Waals surface area contributed by atoms with E-state index in [1.165, 1.54) is 31.0 Å². The molecule has 1 aromatic carbocycles. The van der Waals surface area contributed by atoms with Crippen molar-refractivity contribution in [3.8, 4) is 0 Å². The van der Waals surface area contributed by atoms with Gasteiger partial charge in [0.05, 0.1) is 4.92 Å². The predicted octanol–water partition coefficient (Wildman–Crippen LogP) is 1.92. The van der Waals surface area contributed by atoms with Crippen LogP contribution in [0.5, 0.6) is 0 Å². The zero-order valence-corrected chi connectivity index (χ0v) is 11.7. The molecule has 1 amide bonds. The Bertz CT molecular complexity index is 529. The van der Waals surface area contributed by atoms with E-state index >= 15 is 0 Å². The first-order valence-corrected chi connectivity index (χ1v) is 6.98. The lowest BCUT2D eigenvalue weighted by molar-refractivity contribution is -0.384. The third kappa shape index (κ3) is 4.71. The number of nitrogens with one attached hydrogen (secondary N) is 1. The highest BCUT2D eigenvalue weighted by atomic mass is 16.6. The number of nitro groups is 1. The molecule has 0 aromatic heterocycles. The predicted molar refractivity (Wildman–Crippen MR) is 78.3 cm³/mol. The highest BCUT2D eigenvalue weighted by molar-refractivity contribution is 5.94. The van der Waals surface area contributed by atoms with E-state index in [4.69, 9.17) is 10.5 Å². The number of ether oxygens (including phenoxy) is 1. The summed E-state index contributed by atoms with van der Waals surface area (Å²) in [6.07, 6.45) is 3.25. The topological polar surface area (TPSA) is 107 Å². The monoisotopic (exact) mass is 293 g/mol. The molecule has 7 heteroatoms. The molecule has 0 radical (unpaired) electrons. The van der Waals surface area contributed by atoms with Crippen LogP contribution in [-0.2, 0) is 4.74 Å². The number of benzene rings is 1. The molecule has 0 aliphatic heterocycles. The van der Waals surface area contributed by atoms with Gasteiger partial charge in [-0.3, -0.25) is 14.9 Å². The summed E-state index contributed by atoms with van der Waals surface area (Å²) in [5.74, 6) is 0.118. The highest BCUT2D eigenvalue weighted by Crippen LogP contribution is 2.28. The Labute approximate surface area is 122 Å². The molecule has 114 valence electrons. The molecule has 1 fully saturated rings. The van der Waals surface area contributed by atoms with Gasteiger partial charge in [0.2, 0.25) is 5.91 Å². The van der Waals surface area contributed by atoms with Crippen LogP contribution in [0.25, 0.3) is 0 Å². The van der Waals surface area contributed by atoms with Gasteiger partial charge in [-0.25, -0.2) is 0 Å². The van der Waals surface area contributed by atoms with Gasteiger partial charge in [0.15, 0.2) is 0 Å². The summed E-state index contributed by atoms with van der Waals surface area (Å²) in [7, 11) is 0. The van der Waals surface area contributed by atoms with Crippen LogP contribution in [0, 0.1) is 16.0 Å². The van der Waals surface area contributed by atoms with E-state index in [1.54, 1.807) is 0 Å². The van der Waals surface area contributed by atoms with Gasteiger partial charge in [-0.1, -0.05) is 0 Å². The SMILES string of the molecule is NC(=O)c1ccc([N+](=O)[O-])c(NCCCOCC2CC2)c1. The van der Waals surface area contributed by atoms with Crippen LogP contribution in [-0.4, -0.2) is 30.6 Å². The second-order valence-corrected chi connectivity index (χ2v) is 5.15. The van der Waals surface area contributed by atoms with Crippen molar-refractivity contribution in [2.24, 2.45) is 11.7 Å². The lowest BCUT2D eigenvalue weighted by atomic mass is 10.1. The van der Waals surface area contributed by atoms with E-state index in [0.29, 0.717) is 18.8 Å². The number of nitro benzene ring substituents is 1. The van der Waals surface area contributed by atoms with Gasteiger partial charge in [0.25, 0.3) is 5.69 Å². The number of rotatable bonds is 9. The zero-order chi connectivity index (χ0) is 15.2. The molecule has 0 unspecified atom stereocenters. The van der Waals surface area contributed by atoms with Crippen LogP contribution in [0.15, 0.2) is 18.2 Å². The highest BCUT2D eigenvalue weighted by Gasteiger charge is 2.21. The van der Waals surface area contributed by atoms with Gasteiger partial charge >= 0.3 is 0 Å². The first kappa shape index (κ1) is 15.2. The van der Waals surface area contributed by atoms with E-state index in [9.17, 15) is 14.9 Å². The van der Waals surface area contributed by atoms with Crippen LogP contribution in [0.3, 0.4) is 0 Å². The van der Waals surface area contributed by atoms with Crippen LogP contribution in [0.1, 0.15) is 29.6 Å². The number of carbonyl (C=O) groups excluding carboxylic acids is 1. The minimum atomic E-state index is -0.610. The maximum absolute atomic E-state index is 11.1. The fourth-order valence-electron chi connectivity index (χ4n) is 1.92. The first-order chi connectivity index (χ1) is 10.1. The molecule has 0 heterocycles. The van der Waals surface area contributed by atoms with E-state index in [2.05, 4.69) is 5.32 Å². The van der Waals surface area contributed by atoms with Crippen molar-refractivity contribution in [3.05, 3.63) is 33.9 Å². The summed E-state index contributed by atoms with van der Waals surface area (Å²) < 4.78 is 5.49. The van der Waals surface area contributed by atoms with E-state index in [-0.39, 0.29) is 11.3 Å². The second kappa shape index (κ2) is 7.03. The largest absolute Gasteiger partial charge is 0.381 e. The Morgan fingerprint density at radius 1 is 1.48 bits per heavy atom. The van der Waals surface area contributed by atoms with Crippen molar-refractivity contribution in [3.63, 3.8) is 0 Å². The maximum Gasteiger partial charge on any atom is 0.292 e. The second-order valence-electron chi connectivity index (χ2n) is 5.15. The summed E-state index contributed by atoms with van der Waals surface area (Å²) in [5, 5.41) is 13.9. The molecular weight excluding hydrogens is 274 g/mol. The molecule has 0 spiro atoms. The van der Waals surface area contributed by atoms with E-state index in [1.807, 2.05) is 0 Å². The number of amides is 1. The smallest absolute Gasteiger partial charge is 0.292 e. The number of nitrogens with two attached hydrogens (primary N) is 1. The molecule has 0 bridgehead atoms. The van der Waals surface area contributed by atoms with Crippen LogP contribution in [0.2, 0.25) is 0 Å². The summed E-state index contributed by atoms with van der Waals surface area (Å²) in [6, 6.07) is 4.04. The van der Waals surface area contributed by atoms with E-state index in [0.717, 1.165) is 18.9 Å². The number of hydrogen-bond donors (Lipinski definition) is 2. The minimum Gasteiger partial charge on any atom is -0.381 e. The average Bonchev–Trinajstić information content (AvgIpc) is 3.26. The van der Waals surface area contributed by atoms with Crippen LogP contribution in [0.4, 0.5) is 11.4 Å². The standard InChI is InChI=1S/C14H19N3O4/c15-14(18)11-4-5-13(17(19)20)12(8-11)16-6-1-7-21-9-10-2-3-10/h4-5,8,10,16H,1-3,6-7,9H2,(H2,15,18). The quantitative estimate of drug-likeness (QED) is 0.411. The number of hydrogen-bond acceptors (Lipinski definition) is 5. The summed E-state index contributed by atoms with van der Waals surface area (Å²) in [4.78, 5) is 21.6. The Morgan fingerprint density at radius 3 is 2.86 bits per heavy atom. The zero-order valence-electron chi connectivity index (χ0n) is 11.7. The minimum absolute atomic E-state index is 0.0705. The van der Waals surface area contributed by atoms with Crippen molar-refractivity contribution in [2.45, 2.75) is 19.3 Å². The third-order valence-corrected chi connectivity index (χ3v) is 3.31. The van der Waals surface area contributed by atoms with Crippen molar-refractivity contribution in [1.29, 1.82) is 0 Å². The number of carbonyl (C=O) groups is 1. The van der Waals surface area contributed by atoms with Gasteiger partial charge in [-0.05, 0) is 37.3 Å². The average molecular weight is 293 g/mol. The van der Waals surface area contributed by atoms with Gasteiger partial charge < -0.3 is 15.8 Å². The normalized spacial score (nSPS) is 13.9. The molecule has 0 saturated heterocycles. The molecule has 2 rings (SSSR count). The van der Waals surface area contributed by atoms with Crippen molar-refractivity contribution < 1.29 is 14.5 Å². The van der Waals surface area contributed by atoms with Crippen molar-refractivity contribution in [1.82, 2.24) is 0 Å². The molecular formula is C14H19N3O4. The van der Waals surface area contributed by atoms with Crippen LogP contribution < -0.4 is 11.1 Å². The van der Waals surface area contributed by atoms with E-state index < -0.39 is 10.8 Å². The molecule has 1 aromatic rings. The van der Waals surface area contributed by atoms with Crippen LogP contribution >= 0.6 is 0 Å². The Kier molecular flexibility index (Phi) is 5.10. The lowest BCUT2D eigenvalue weighted by Crippen LogP contribution is -2.13. The molecule has 1 saturated carbocycles. The molecule has 1 aliphatic rings. The maximum atomic E-state index is 11.1. The Balaban J connectivity index is 1.85. The molecule has 7 nitrogen and oxygen atoms in total. The first-order valence-electron chi connectivity index (χ1n) is 6.98. The molecule has 3 N–H and O–H groups in total. The molecule has 1 aliphatic carbocycles. The number of primary amides is 1. The van der Waals surface area contributed by atoms with Crippen molar-refractivity contribution >= 4 is 17.3 Å². The molecule has 21 heavy (non-hydrogen) atoms. The lowest BCUT2D eigenvalue weighted by Gasteiger charge is -2.08. The number of anilines is 1. The summed E-state index contributed by atoms with van der Waals surface area (Å²) in [5.41, 5.74) is 5.66. The third-order valence-electron chi connectivity index (χ3n) is 3.31. The summed E-state index contributed by atoms with van der Waals surface area (Å²) >= 11 is 0. The van der Waals surface area contributed by atoms with Gasteiger partial charge in [0.1, 0.15) is 5.69 Å². The van der Waals surface area contributed by atoms with Gasteiger partial charge in [0, 0.05) is 31.4 Å². The van der Waals surface area contributed by atoms with Gasteiger partial charge in [-0.2, -0.15) is 0 Å². The Morgan fingerprint density at radius 2 is 2.24 bits per heavy atom. The Hall–Kier alpha value is -2.15. The van der Waals surface area contributed by atoms with Gasteiger partial charge in [-0.15, -0.1) is 0 Å². The molecule has 0 atom stereocenters. The fraction of sp³-hybridized carbons (Fsp3) is 0.500. The summed E-state index contributed by atoms with van der Waals surface area (Å²) in [6.45, 7) is 1.96.